The molecule has 9 heteroatoms. The molecule has 2 heterocycles. The maximum Gasteiger partial charge on any atom is 0.290 e. The molecular formula is C22H18N2O5S2. The third-order valence-electron chi connectivity index (χ3n) is 4.67. The van der Waals surface area contributed by atoms with Crippen molar-refractivity contribution in [2.75, 3.05) is 13.2 Å². The van der Waals surface area contributed by atoms with Crippen LogP contribution in [0.1, 0.15) is 11.1 Å². The Balaban J connectivity index is 1.28. The van der Waals surface area contributed by atoms with Crippen LogP contribution in [0.4, 0.5) is 9.59 Å². The van der Waals surface area contributed by atoms with Crippen LogP contribution in [0, 0.1) is 0 Å². The van der Waals surface area contributed by atoms with Crippen LogP contribution in [0.2, 0.25) is 0 Å². The van der Waals surface area contributed by atoms with Gasteiger partial charge in [0.05, 0.1) is 16.7 Å². The minimum Gasteiger partial charge on any atom is -0.492 e. The Hall–Kier alpha value is -3.04. The lowest BCUT2D eigenvalue weighted by molar-refractivity contribution is -0.127. The highest BCUT2D eigenvalue weighted by Crippen LogP contribution is 2.29. The van der Waals surface area contributed by atoms with Crippen LogP contribution in [-0.4, -0.2) is 45.6 Å². The molecule has 1 atom stereocenters. The molecule has 2 aliphatic heterocycles. The summed E-state index contributed by atoms with van der Waals surface area (Å²) in [6.45, 7) is 0.365. The second kappa shape index (κ2) is 9.40. The highest BCUT2D eigenvalue weighted by Gasteiger charge is 2.39. The summed E-state index contributed by atoms with van der Waals surface area (Å²) in [5, 5.41) is 1.17. The number of thioether (sulfide) groups is 2. The minimum absolute atomic E-state index is 0.181. The zero-order chi connectivity index (χ0) is 21.8. The molecule has 4 rings (SSSR count). The number of ether oxygens (including phenoxy) is 1. The van der Waals surface area contributed by atoms with Crippen molar-refractivity contribution in [3.63, 3.8) is 0 Å². The summed E-state index contributed by atoms with van der Waals surface area (Å²) >= 11 is 1.92. The maximum absolute atomic E-state index is 12.6. The lowest BCUT2D eigenvalue weighted by Crippen LogP contribution is -2.35. The van der Waals surface area contributed by atoms with E-state index in [4.69, 9.17) is 4.74 Å². The smallest absolute Gasteiger partial charge is 0.290 e. The van der Waals surface area contributed by atoms with E-state index in [9.17, 15) is 19.2 Å². The van der Waals surface area contributed by atoms with E-state index in [1.807, 2.05) is 30.3 Å². The number of benzene rings is 2. The van der Waals surface area contributed by atoms with E-state index in [0.717, 1.165) is 34.7 Å². The van der Waals surface area contributed by atoms with Gasteiger partial charge in [-0.05, 0) is 47.5 Å². The molecule has 2 aromatic carbocycles. The highest BCUT2D eigenvalue weighted by atomic mass is 32.2. The molecule has 31 heavy (non-hydrogen) atoms. The molecule has 158 valence electrons. The maximum atomic E-state index is 12.6. The molecule has 2 saturated heterocycles. The van der Waals surface area contributed by atoms with Crippen molar-refractivity contribution in [2.45, 2.75) is 11.7 Å². The predicted octanol–water partition coefficient (Wildman–Crippen LogP) is 3.70. The van der Waals surface area contributed by atoms with Gasteiger partial charge >= 0.3 is 0 Å². The fourth-order valence-corrected chi connectivity index (χ4v) is 4.88. The summed E-state index contributed by atoms with van der Waals surface area (Å²) in [5.41, 5.74) is 1.77. The normalized spacial score (nSPS) is 19.9. The summed E-state index contributed by atoms with van der Waals surface area (Å²) in [4.78, 5) is 49.2. The van der Waals surface area contributed by atoms with Gasteiger partial charge in [0.2, 0.25) is 5.91 Å². The van der Waals surface area contributed by atoms with Crippen molar-refractivity contribution in [3.05, 3.63) is 70.6 Å². The average Bonchev–Trinajstić information content (AvgIpc) is 3.21. The van der Waals surface area contributed by atoms with E-state index < -0.39 is 11.2 Å². The zero-order valence-corrected chi connectivity index (χ0v) is 17.9. The van der Waals surface area contributed by atoms with E-state index in [1.165, 1.54) is 4.90 Å². The first-order valence-corrected chi connectivity index (χ1v) is 11.2. The monoisotopic (exact) mass is 454 g/mol. The van der Waals surface area contributed by atoms with Gasteiger partial charge in [-0.25, -0.2) is 0 Å². The Kier molecular flexibility index (Phi) is 6.43. The lowest BCUT2D eigenvalue weighted by Gasteiger charge is -2.14. The van der Waals surface area contributed by atoms with E-state index in [2.05, 4.69) is 5.32 Å². The second-order valence-corrected chi connectivity index (χ2v) is 8.99. The molecule has 0 radical (unpaired) electrons. The number of carbonyl (C=O) groups excluding carboxylic acids is 4. The first kappa shape index (κ1) is 21.2. The number of nitrogens with zero attached hydrogens (tertiary/aromatic N) is 1. The number of rotatable bonds is 7. The molecule has 0 saturated carbocycles. The first-order valence-electron chi connectivity index (χ1n) is 9.53. The Morgan fingerprint density at radius 1 is 1.00 bits per heavy atom. The van der Waals surface area contributed by atoms with Crippen LogP contribution in [0.5, 0.6) is 5.75 Å². The van der Waals surface area contributed by atoms with Crippen LogP contribution in [-0.2, 0) is 16.0 Å². The molecule has 4 amide bonds. The Labute approximate surface area is 187 Å². The fourth-order valence-electron chi connectivity index (χ4n) is 3.15. The molecule has 7 nitrogen and oxygen atoms in total. The van der Waals surface area contributed by atoms with Gasteiger partial charge in [0, 0.05) is 0 Å². The number of nitrogens with one attached hydrogen (secondary N) is 1. The van der Waals surface area contributed by atoms with Gasteiger partial charge in [-0.2, -0.15) is 0 Å². The number of hydrogen-bond donors (Lipinski definition) is 1. The number of imide groups is 2. The lowest BCUT2D eigenvalue weighted by atomic mass is 10.1. The number of hydrogen-bond acceptors (Lipinski definition) is 7. The van der Waals surface area contributed by atoms with Crippen molar-refractivity contribution in [3.8, 4) is 5.75 Å². The molecule has 0 aromatic heterocycles. The van der Waals surface area contributed by atoms with E-state index in [0.29, 0.717) is 17.1 Å². The summed E-state index contributed by atoms with van der Waals surface area (Å²) in [6, 6.07) is 16.6. The summed E-state index contributed by atoms with van der Waals surface area (Å²) in [7, 11) is 0. The molecular weight excluding hydrogens is 436 g/mol. The topological polar surface area (TPSA) is 92.8 Å². The van der Waals surface area contributed by atoms with E-state index in [1.54, 1.807) is 30.3 Å². The Bertz CT molecular complexity index is 1050. The molecule has 0 bridgehead atoms. The van der Waals surface area contributed by atoms with Crippen LogP contribution in [0.3, 0.4) is 0 Å². The van der Waals surface area contributed by atoms with Gasteiger partial charge in [-0.15, -0.1) is 0 Å². The summed E-state index contributed by atoms with van der Waals surface area (Å²) in [5.74, 6) is -0.0145. The van der Waals surface area contributed by atoms with Gasteiger partial charge in [-0.3, -0.25) is 29.4 Å². The SMILES string of the molecule is O=C1NC(=O)/C(=C/c2ccc(OCCN3C(=O)SC(Cc4ccccc4)C3=O)cc2)S1. The van der Waals surface area contributed by atoms with E-state index in [-0.39, 0.29) is 29.5 Å². The molecule has 0 spiro atoms. The standard InChI is InChI=1S/C22H18N2O5S2/c25-19-17(30-21(27)23-19)12-15-6-8-16(9-7-15)29-11-10-24-20(26)18(31-22(24)28)13-14-4-2-1-3-5-14/h1-9,12,18H,10-11,13H2,(H,23,25,27)/b17-12-. The largest absolute Gasteiger partial charge is 0.492 e. The van der Waals surface area contributed by atoms with Gasteiger partial charge in [0.15, 0.2) is 0 Å². The van der Waals surface area contributed by atoms with Crippen molar-refractivity contribution in [1.29, 1.82) is 0 Å². The summed E-state index contributed by atoms with van der Waals surface area (Å²) in [6.07, 6.45) is 2.15. The van der Waals surface area contributed by atoms with E-state index >= 15 is 0 Å². The van der Waals surface area contributed by atoms with Crippen LogP contribution >= 0.6 is 23.5 Å². The van der Waals surface area contributed by atoms with Crippen LogP contribution < -0.4 is 10.1 Å². The molecule has 2 aliphatic rings. The molecule has 2 fully saturated rings. The quantitative estimate of drug-likeness (QED) is 0.638. The van der Waals surface area contributed by atoms with Gasteiger partial charge in [0.1, 0.15) is 12.4 Å². The van der Waals surface area contributed by atoms with Crippen molar-refractivity contribution in [2.24, 2.45) is 0 Å². The minimum atomic E-state index is -0.404. The van der Waals surface area contributed by atoms with Crippen LogP contribution in [0.15, 0.2) is 59.5 Å². The molecule has 0 aliphatic carbocycles. The average molecular weight is 455 g/mol. The Morgan fingerprint density at radius 2 is 1.74 bits per heavy atom. The fraction of sp³-hybridized carbons (Fsp3) is 0.182. The third kappa shape index (κ3) is 5.18. The van der Waals surface area contributed by atoms with Gasteiger partial charge < -0.3 is 4.74 Å². The van der Waals surface area contributed by atoms with Crippen molar-refractivity contribution < 1.29 is 23.9 Å². The second-order valence-electron chi connectivity index (χ2n) is 6.82. The predicted molar refractivity (Wildman–Crippen MR) is 120 cm³/mol. The third-order valence-corrected chi connectivity index (χ3v) is 6.56. The molecule has 1 N–H and O–H groups in total. The number of amides is 4. The molecule has 1 unspecified atom stereocenters. The van der Waals surface area contributed by atoms with Gasteiger partial charge in [-0.1, -0.05) is 54.2 Å². The van der Waals surface area contributed by atoms with Gasteiger partial charge in [0.25, 0.3) is 16.4 Å². The molecule has 2 aromatic rings. The van der Waals surface area contributed by atoms with Crippen molar-refractivity contribution in [1.82, 2.24) is 10.2 Å². The first-order chi connectivity index (χ1) is 15.0. The highest BCUT2D eigenvalue weighted by molar-refractivity contribution is 8.18. The number of carbonyl (C=O) groups is 4. The Morgan fingerprint density at radius 3 is 2.42 bits per heavy atom. The van der Waals surface area contributed by atoms with Crippen LogP contribution in [0.25, 0.3) is 6.08 Å². The summed E-state index contributed by atoms with van der Waals surface area (Å²) < 4.78 is 5.67. The zero-order valence-electron chi connectivity index (χ0n) is 16.3. The van der Waals surface area contributed by atoms with Crippen molar-refractivity contribution >= 4 is 51.9 Å².